The Labute approximate surface area is 117 Å². The van der Waals surface area contributed by atoms with E-state index in [1.807, 2.05) is 0 Å². The molecule has 2 saturated heterocycles. The summed E-state index contributed by atoms with van der Waals surface area (Å²) in [5.41, 5.74) is 0. The van der Waals surface area contributed by atoms with Crippen LogP contribution < -0.4 is 5.32 Å². The van der Waals surface area contributed by atoms with Crippen LogP contribution in [0.2, 0.25) is 0 Å². The van der Waals surface area contributed by atoms with Crippen molar-refractivity contribution in [2.24, 2.45) is 0 Å². The van der Waals surface area contributed by atoms with Crippen LogP contribution in [-0.4, -0.2) is 47.6 Å². The number of fused-ring (bicyclic) bond motifs is 1. The lowest BCUT2D eigenvalue weighted by Gasteiger charge is -2.36. The lowest BCUT2D eigenvalue weighted by Crippen LogP contribution is -2.48. The zero-order valence-corrected chi connectivity index (χ0v) is 13.2. The van der Waals surface area contributed by atoms with Crippen molar-refractivity contribution in [3.63, 3.8) is 0 Å². The minimum atomic E-state index is 0.460. The fourth-order valence-corrected chi connectivity index (χ4v) is 4.47. The molecule has 2 aliphatic rings. The molecule has 106 valence electrons. The first-order valence-corrected chi connectivity index (χ1v) is 8.99. The minimum absolute atomic E-state index is 0.460. The third-order valence-electron chi connectivity index (χ3n) is 5.26. The summed E-state index contributed by atoms with van der Waals surface area (Å²) in [5.74, 6) is 0. The summed E-state index contributed by atoms with van der Waals surface area (Å²) in [5, 5.41) is 3.91. The summed E-state index contributed by atoms with van der Waals surface area (Å²) in [6.45, 7) is 8.54. The monoisotopic (exact) mass is 270 g/mol. The van der Waals surface area contributed by atoms with E-state index in [-0.39, 0.29) is 0 Å². The highest BCUT2D eigenvalue weighted by Crippen LogP contribution is 2.32. The molecule has 1 N–H and O–H groups in total. The van der Waals surface area contributed by atoms with E-state index in [1.165, 1.54) is 58.2 Å². The first kappa shape index (κ1) is 14.7. The Morgan fingerprint density at radius 2 is 1.94 bits per heavy atom. The standard InChI is InChI=1S/C15H30N2S/c1-4-15(5-2,18-3)12-16-13-9-11-17-10-7-6-8-14(13)17/h13-14,16H,4-12H2,1-3H3. The van der Waals surface area contributed by atoms with E-state index in [0.29, 0.717) is 4.75 Å². The number of hydrogen-bond donors (Lipinski definition) is 1. The van der Waals surface area contributed by atoms with Gasteiger partial charge in [0.15, 0.2) is 0 Å². The Kier molecular flexibility index (Phi) is 5.40. The SMILES string of the molecule is CCC(CC)(CNC1CCN2CCCCC12)SC. The van der Waals surface area contributed by atoms with Crippen LogP contribution in [0.3, 0.4) is 0 Å². The van der Waals surface area contributed by atoms with E-state index in [1.54, 1.807) is 0 Å². The summed E-state index contributed by atoms with van der Waals surface area (Å²) in [7, 11) is 0. The Morgan fingerprint density at radius 3 is 2.61 bits per heavy atom. The number of piperidine rings is 1. The molecule has 0 aromatic rings. The molecule has 0 aromatic heterocycles. The highest BCUT2D eigenvalue weighted by atomic mass is 32.2. The van der Waals surface area contributed by atoms with Crippen LogP contribution in [0.4, 0.5) is 0 Å². The van der Waals surface area contributed by atoms with Crippen molar-refractivity contribution in [2.45, 2.75) is 69.2 Å². The minimum Gasteiger partial charge on any atom is -0.311 e. The molecule has 2 rings (SSSR count). The van der Waals surface area contributed by atoms with Crippen LogP contribution in [0.15, 0.2) is 0 Å². The number of rotatable bonds is 6. The van der Waals surface area contributed by atoms with Gasteiger partial charge in [-0.2, -0.15) is 11.8 Å². The predicted molar refractivity (Wildman–Crippen MR) is 82.4 cm³/mol. The van der Waals surface area contributed by atoms with E-state index >= 15 is 0 Å². The van der Waals surface area contributed by atoms with Crippen molar-refractivity contribution in [3.8, 4) is 0 Å². The molecular formula is C15H30N2S. The number of hydrogen-bond acceptors (Lipinski definition) is 3. The van der Waals surface area contributed by atoms with Gasteiger partial charge in [0.05, 0.1) is 0 Å². The molecule has 2 aliphatic heterocycles. The van der Waals surface area contributed by atoms with Gasteiger partial charge in [0.25, 0.3) is 0 Å². The molecule has 2 fully saturated rings. The normalized spacial score (nSPS) is 29.5. The molecule has 18 heavy (non-hydrogen) atoms. The first-order chi connectivity index (χ1) is 8.74. The molecule has 0 saturated carbocycles. The van der Waals surface area contributed by atoms with Crippen molar-refractivity contribution in [2.75, 3.05) is 25.9 Å². The van der Waals surface area contributed by atoms with E-state index in [9.17, 15) is 0 Å². The zero-order chi connectivity index (χ0) is 13.0. The second-order valence-corrected chi connectivity index (χ2v) is 7.24. The van der Waals surface area contributed by atoms with Gasteiger partial charge >= 0.3 is 0 Å². The second kappa shape index (κ2) is 6.62. The summed E-state index contributed by atoms with van der Waals surface area (Å²) in [6, 6.07) is 1.60. The number of nitrogens with one attached hydrogen (secondary N) is 1. The molecule has 2 nitrogen and oxygen atoms in total. The largest absolute Gasteiger partial charge is 0.311 e. The number of nitrogens with zero attached hydrogens (tertiary/aromatic N) is 1. The van der Waals surface area contributed by atoms with Gasteiger partial charge in [-0.3, -0.25) is 4.90 Å². The van der Waals surface area contributed by atoms with E-state index < -0.39 is 0 Å². The molecule has 0 bridgehead atoms. The van der Waals surface area contributed by atoms with Gasteiger partial charge in [-0.1, -0.05) is 20.3 Å². The van der Waals surface area contributed by atoms with Crippen molar-refractivity contribution in [1.29, 1.82) is 0 Å². The topological polar surface area (TPSA) is 15.3 Å². The van der Waals surface area contributed by atoms with Gasteiger partial charge in [-0.25, -0.2) is 0 Å². The lowest BCUT2D eigenvalue weighted by molar-refractivity contribution is 0.179. The van der Waals surface area contributed by atoms with Gasteiger partial charge in [0, 0.05) is 29.9 Å². The Bertz CT molecular complexity index is 245. The molecule has 0 aliphatic carbocycles. The maximum atomic E-state index is 3.91. The zero-order valence-electron chi connectivity index (χ0n) is 12.4. The molecule has 0 radical (unpaired) electrons. The van der Waals surface area contributed by atoms with Crippen molar-refractivity contribution >= 4 is 11.8 Å². The Balaban J connectivity index is 1.86. The van der Waals surface area contributed by atoms with Crippen LogP contribution in [0.25, 0.3) is 0 Å². The van der Waals surface area contributed by atoms with Crippen LogP contribution in [0.1, 0.15) is 52.4 Å². The van der Waals surface area contributed by atoms with Gasteiger partial charge in [0.1, 0.15) is 0 Å². The first-order valence-electron chi connectivity index (χ1n) is 7.77. The molecule has 0 amide bonds. The van der Waals surface area contributed by atoms with Gasteiger partial charge in [-0.15, -0.1) is 0 Å². The van der Waals surface area contributed by atoms with Crippen LogP contribution in [0, 0.1) is 0 Å². The van der Waals surface area contributed by atoms with E-state index in [0.717, 1.165) is 12.1 Å². The smallest absolute Gasteiger partial charge is 0.0276 e. The van der Waals surface area contributed by atoms with Crippen LogP contribution >= 0.6 is 11.8 Å². The molecule has 0 aromatic carbocycles. The average molecular weight is 270 g/mol. The van der Waals surface area contributed by atoms with E-state index in [2.05, 4.69) is 42.1 Å². The van der Waals surface area contributed by atoms with Crippen molar-refractivity contribution < 1.29 is 0 Å². The lowest BCUT2D eigenvalue weighted by atomic mass is 9.97. The fourth-order valence-electron chi connectivity index (χ4n) is 3.66. The highest BCUT2D eigenvalue weighted by molar-refractivity contribution is 8.00. The fraction of sp³-hybridized carbons (Fsp3) is 1.00. The van der Waals surface area contributed by atoms with Gasteiger partial charge < -0.3 is 5.32 Å². The predicted octanol–water partition coefficient (Wildman–Crippen LogP) is 3.12. The van der Waals surface area contributed by atoms with Gasteiger partial charge in [-0.05, 0) is 44.9 Å². The van der Waals surface area contributed by atoms with Crippen LogP contribution in [0.5, 0.6) is 0 Å². The molecule has 3 heteroatoms. The Morgan fingerprint density at radius 1 is 1.17 bits per heavy atom. The summed E-state index contributed by atoms with van der Waals surface area (Å²) in [4.78, 5) is 2.72. The summed E-state index contributed by atoms with van der Waals surface area (Å²) in [6.07, 6.45) is 10.5. The third kappa shape index (κ3) is 3.05. The van der Waals surface area contributed by atoms with E-state index in [4.69, 9.17) is 0 Å². The molecule has 2 atom stereocenters. The third-order valence-corrected chi connectivity index (χ3v) is 6.85. The molecule has 2 unspecified atom stereocenters. The number of thioether (sulfide) groups is 1. The average Bonchev–Trinajstić information content (AvgIpc) is 2.85. The van der Waals surface area contributed by atoms with Crippen LogP contribution in [-0.2, 0) is 0 Å². The molecular weight excluding hydrogens is 240 g/mol. The molecule has 0 spiro atoms. The maximum Gasteiger partial charge on any atom is 0.0276 e. The summed E-state index contributed by atoms with van der Waals surface area (Å²) < 4.78 is 0.460. The molecule has 2 heterocycles. The Hall–Kier alpha value is 0.270. The highest BCUT2D eigenvalue weighted by Gasteiger charge is 2.36. The van der Waals surface area contributed by atoms with Crippen molar-refractivity contribution in [1.82, 2.24) is 10.2 Å². The summed E-state index contributed by atoms with van der Waals surface area (Å²) >= 11 is 2.05. The quantitative estimate of drug-likeness (QED) is 0.798. The van der Waals surface area contributed by atoms with Crippen molar-refractivity contribution in [3.05, 3.63) is 0 Å². The second-order valence-electron chi connectivity index (χ2n) is 5.97. The van der Waals surface area contributed by atoms with Gasteiger partial charge in [0.2, 0.25) is 0 Å². The maximum absolute atomic E-state index is 3.91.